The highest BCUT2D eigenvalue weighted by molar-refractivity contribution is 5.95. The van der Waals surface area contributed by atoms with Gasteiger partial charge >= 0.3 is 5.97 Å². The topological polar surface area (TPSA) is 90.1 Å². The highest BCUT2D eigenvalue weighted by atomic mass is 19.1. The number of ether oxygens (including phenoxy) is 1. The fraction of sp³-hybridized carbons (Fsp3) is 0.190. The van der Waals surface area contributed by atoms with Crippen LogP contribution in [0.1, 0.15) is 34.0 Å². The van der Waals surface area contributed by atoms with Gasteiger partial charge in [-0.05, 0) is 36.2 Å². The average molecular weight is 395 g/mol. The van der Waals surface area contributed by atoms with Crippen LogP contribution >= 0.6 is 0 Å². The van der Waals surface area contributed by atoms with Gasteiger partial charge in [-0.25, -0.2) is 14.3 Å². The van der Waals surface area contributed by atoms with Crippen molar-refractivity contribution in [2.24, 2.45) is 0 Å². The standard InChI is InChI=1S/C21H18FN3O4/c1-28-21(27)17-12-25(11-16-19(17)23-24-20(16)26)9-8-15(18-3-2-10-29-18)13-4-6-14(22)7-5-13/h2-7,10-12,15H,8-9H2,1H3,(H,24,26)/t15-/m1/s1. The van der Waals surface area contributed by atoms with Crippen LogP contribution in [0.3, 0.4) is 0 Å². The Kier molecular flexibility index (Phi) is 4.99. The zero-order valence-electron chi connectivity index (χ0n) is 15.6. The molecule has 0 amide bonds. The van der Waals surface area contributed by atoms with Crippen molar-refractivity contribution in [2.75, 3.05) is 7.11 Å². The Morgan fingerprint density at radius 2 is 2.07 bits per heavy atom. The Morgan fingerprint density at radius 1 is 1.28 bits per heavy atom. The molecule has 0 fully saturated rings. The summed E-state index contributed by atoms with van der Waals surface area (Å²) >= 11 is 0. The van der Waals surface area contributed by atoms with Gasteiger partial charge in [-0.15, -0.1) is 0 Å². The molecule has 0 radical (unpaired) electrons. The molecule has 1 aromatic carbocycles. The van der Waals surface area contributed by atoms with E-state index < -0.39 is 5.97 Å². The quantitative estimate of drug-likeness (QED) is 0.505. The first kappa shape index (κ1) is 18.7. The molecule has 0 spiro atoms. The second-order valence-corrected chi connectivity index (χ2v) is 6.62. The maximum Gasteiger partial charge on any atom is 0.341 e. The van der Waals surface area contributed by atoms with Crippen molar-refractivity contribution < 1.29 is 18.3 Å². The fourth-order valence-electron chi connectivity index (χ4n) is 3.41. The van der Waals surface area contributed by atoms with E-state index in [9.17, 15) is 14.0 Å². The van der Waals surface area contributed by atoms with E-state index in [0.717, 1.165) is 11.3 Å². The molecule has 29 heavy (non-hydrogen) atoms. The lowest BCUT2D eigenvalue weighted by molar-refractivity contribution is 0.0600. The Morgan fingerprint density at radius 3 is 2.76 bits per heavy atom. The van der Waals surface area contributed by atoms with Gasteiger partial charge in [-0.2, -0.15) is 5.10 Å². The number of hydrogen-bond acceptors (Lipinski definition) is 5. The van der Waals surface area contributed by atoms with E-state index in [1.54, 1.807) is 41.4 Å². The molecular weight excluding hydrogens is 377 g/mol. The SMILES string of the molecule is COC(=O)c1cn(CC[C@H](c2ccc(F)cc2)c2ccco2)cc2c(=O)[nH]nc1-2. The molecule has 0 saturated carbocycles. The number of hydrogen-bond donors (Lipinski definition) is 1. The van der Waals surface area contributed by atoms with Gasteiger partial charge < -0.3 is 13.7 Å². The third-order valence-electron chi connectivity index (χ3n) is 4.85. The van der Waals surface area contributed by atoms with Crippen molar-refractivity contribution in [3.05, 3.63) is 88.1 Å². The van der Waals surface area contributed by atoms with Gasteiger partial charge in [0.05, 0.1) is 18.9 Å². The number of H-pyrrole nitrogens is 1. The third-order valence-corrected chi connectivity index (χ3v) is 4.85. The Balaban J connectivity index is 1.67. The summed E-state index contributed by atoms with van der Waals surface area (Å²) < 4.78 is 25.5. The van der Waals surface area contributed by atoms with Crippen molar-refractivity contribution in [1.29, 1.82) is 0 Å². The molecule has 4 rings (SSSR count). The van der Waals surface area contributed by atoms with Gasteiger partial charge in [0.15, 0.2) is 0 Å². The normalized spacial score (nSPS) is 12.2. The van der Waals surface area contributed by atoms with Crippen LogP contribution in [-0.4, -0.2) is 27.8 Å². The van der Waals surface area contributed by atoms with Crippen LogP contribution in [0.25, 0.3) is 11.3 Å². The minimum atomic E-state index is -0.572. The predicted molar refractivity (Wildman–Crippen MR) is 102 cm³/mol. The highest BCUT2D eigenvalue weighted by Crippen LogP contribution is 2.30. The summed E-state index contributed by atoms with van der Waals surface area (Å²) in [5, 5.41) is 6.28. The number of esters is 1. The van der Waals surface area contributed by atoms with Crippen molar-refractivity contribution in [3.63, 3.8) is 0 Å². The highest BCUT2D eigenvalue weighted by Gasteiger charge is 2.23. The lowest BCUT2D eigenvalue weighted by Gasteiger charge is -2.17. The number of halogens is 1. The van der Waals surface area contributed by atoms with Gasteiger partial charge in [-0.1, -0.05) is 12.1 Å². The molecule has 0 unspecified atom stereocenters. The number of benzene rings is 1. The van der Waals surface area contributed by atoms with Crippen LogP contribution in [0.5, 0.6) is 0 Å². The third kappa shape index (κ3) is 3.69. The molecule has 2 aliphatic rings. The Bertz CT molecular complexity index is 1150. The molecule has 7 nitrogen and oxygen atoms in total. The van der Waals surface area contributed by atoms with Crippen LogP contribution in [0, 0.1) is 5.82 Å². The maximum atomic E-state index is 13.3. The molecule has 0 aliphatic carbocycles. The second kappa shape index (κ2) is 7.75. The lowest BCUT2D eigenvalue weighted by atomic mass is 9.93. The van der Waals surface area contributed by atoms with Crippen LogP contribution < -0.4 is 5.56 Å². The largest absolute Gasteiger partial charge is 0.469 e. The monoisotopic (exact) mass is 395 g/mol. The minimum absolute atomic E-state index is 0.119. The number of methoxy groups -OCH3 is 1. The number of pyridine rings is 1. The number of aryl methyl sites for hydroxylation is 1. The summed E-state index contributed by atoms with van der Waals surface area (Å²) in [6.07, 6.45) is 5.45. The molecule has 1 atom stereocenters. The summed E-state index contributed by atoms with van der Waals surface area (Å²) in [6.45, 7) is 0.479. The Labute approximate surface area is 165 Å². The summed E-state index contributed by atoms with van der Waals surface area (Å²) in [7, 11) is 1.28. The van der Waals surface area contributed by atoms with Gasteiger partial charge in [0.25, 0.3) is 5.56 Å². The van der Waals surface area contributed by atoms with Gasteiger partial charge in [0.1, 0.15) is 22.8 Å². The first-order valence-electron chi connectivity index (χ1n) is 9.02. The van der Waals surface area contributed by atoms with Crippen molar-refractivity contribution in [2.45, 2.75) is 18.9 Å². The molecule has 2 aromatic rings. The van der Waals surface area contributed by atoms with Gasteiger partial charge in [-0.3, -0.25) is 4.79 Å². The Hall–Kier alpha value is -3.68. The molecule has 3 heterocycles. The zero-order chi connectivity index (χ0) is 20.4. The molecule has 0 bridgehead atoms. The van der Waals surface area contributed by atoms with Crippen molar-refractivity contribution >= 4 is 5.97 Å². The summed E-state index contributed by atoms with van der Waals surface area (Å²) in [6, 6.07) is 9.94. The smallest absolute Gasteiger partial charge is 0.341 e. The van der Waals surface area contributed by atoms with E-state index in [2.05, 4.69) is 10.2 Å². The van der Waals surface area contributed by atoms with Gasteiger partial charge in [0, 0.05) is 24.9 Å². The van der Waals surface area contributed by atoms with E-state index in [0.29, 0.717) is 18.5 Å². The number of rotatable bonds is 6. The summed E-state index contributed by atoms with van der Waals surface area (Å²) in [5.74, 6) is -0.250. The second-order valence-electron chi connectivity index (χ2n) is 6.62. The molecular formula is C21H18FN3O4. The number of fused-ring (bicyclic) bond motifs is 1. The minimum Gasteiger partial charge on any atom is -0.469 e. The number of nitrogens with one attached hydrogen (secondary N) is 1. The molecule has 1 aromatic heterocycles. The average Bonchev–Trinajstić information content (AvgIpc) is 3.39. The molecule has 148 valence electrons. The van der Waals surface area contributed by atoms with Crippen molar-refractivity contribution in [1.82, 2.24) is 14.8 Å². The number of nitrogens with zero attached hydrogens (tertiary/aromatic N) is 2. The molecule has 0 saturated heterocycles. The number of aromatic nitrogens is 3. The lowest BCUT2D eigenvalue weighted by Crippen LogP contribution is -2.13. The number of aromatic amines is 1. The van der Waals surface area contributed by atoms with E-state index in [4.69, 9.17) is 9.15 Å². The summed E-state index contributed by atoms with van der Waals surface area (Å²) in [5.41, 5.74) is 1.33. The van der Waals surface area contributed by atoms with Crippen LogP contribution in [0.4, 0.5) is 4.39 Å². The maximum absolute atomic E-state index is 13.3. The summed E-state index contributed by atoms with van der Waals surface area (Å²) in [4.78, 5) is 24.2. The fourth-order valence-corrected chi connectivity index (χ4v) is 3.41. The number of carbonyl (C=O) groups is 1. The molecule has 8 heteroatoms. The van der Waals surface area contributed by atoms with Crippen LogP contribution in [0.2, 0.25) is 0 Å². The van der Waals surface area contributed by atoms with Gasteiger partial charge in [0.2, 0.25) is 0 Å². The van der Waals surface area contributed by atoms with E-state index in [-0.39, 0.29) is 28.6 Å². The first-order chi connectivity index (χ1) is 14.1. The van der Waals surface area contributed by atoms with E-state index in [1.165, 1.54) is 19.2 Å². The number of carbonyl (C=O) groups excluding carboxylic acids is 1. The van der Waals surface area contributed by atoms with Crippen LogP contribution in [-0.2, 0) is 11.3 Å². The van der Waals surface area contributed by atoms with E-state index in [1.807, 2.05) is 6.07 Å². The first-order valence-corrected chi connectivity index (χ1v) is 9.02. The van der Waals surface area contributed by atoms with Crippen molar-refractivity contribution in [3.8, 4) is 11.3 Å². The molecule has 2 aliphatic heterocycles. The van der Waals surface area contributed by atoms with Crippen LogP contribution in [0.15, 0.2) is 64.3 Å². The predicted octanol–water partition coefficient (Wildman–Crippen LogP) is 3.42. The molecule has 1 N–H and O–H groups in total. The zero-order valence-corrected chi connectivity index (χ0v) is 15.6. The van der Waals surface area contributed by atoms with E-state index >= 15 is 0 Å². The number of furan rings is 1.